The molecule has 186 valence electrons. The maximum absolute atomic E-state index is 12.9. The third-order valence-corrected chi connectivity index (χ3v) is 7.66. The van der Waals surface area contributed by atoms with Crippen molar-refractivity contribution in [2.45, 2.75) is 18.6 Å². The Morgan fingerprint density at radius 1 is 1.14 bits per heavy atom. The number of hydrogen-bond donors (Lipinski definition) is 1. The molecule has 0 unspecified atom stereocenters. The summed E-state index contributed by atoms with van der Waals surface area (Å²) in [7, 11) is -3.59. The quantitative estimate of drug-likeness (QED) is 0.654. The van der Waals surface area contributed by atoms with Crippen molar-refractivity contribution < 1.29 is 22.7 Å². The minimum atomic E-state index is -3.59. The third-order valence-electron chi connectivity index (χ3n) is 6.51. The molecule has 1 aromatic heterocycles. The second-order valence-electron chi connectivity index (χ2n) is 9.04. The number of pyridine rings is 1. The molecular weight excluding hydrogens is 470 g/mol. The first-order valence-electron chi connectivity index (χ1n) is 11.8. The van der Waals surface area contributed by atoms with E-state index >= 15 is 0 Å². The second kappa shape index (κ2) is 9.82. The molecule has 1 amide bonds. The summed E-state index contributed by atoms with van der Waals surface area (Å²) in [6, 6.07) is 10.9. The van der Waals surface area contributed by atoms with Crippen LogP contribution in [0.3, 0.4) is 0 Å². The van der Waals surface area contributed by atoms with E-state index in [1.165, 1.54) is 0 Å². The summed E-state index contributed by atoms with van der Waals surface area (Å²) >= 11 is 0. The van der Waals surface area contributed by atoms with Gasteiger partial charge in [0.2, 0.25) is 0 Å². The maximum Gasteiger partial charge on any atom is 0.272 e. The Morgan fingerprint density at radius 3 is 2.77 bits per heavy atom. The van der Waals surface area contributed by atoms with E-state index in [-0.39, 0.29) is 23.4 Å². The van der Waals surface area contributed by atoms with Gasteiger partial charge in [-0.3, -0.25) is 4.79 Å². The SMILES string of the molecule is NC1=NS(=O)(=O)Cc2cccc(OC[C@H]3CCCN(c4cccc(C(=O)N5CCOCC5)n4)C3)c21. The summed E-state index contributed by atoms with van der Waals surface area (Å²) in [4.78, 5) is 21.5. The lowest BCUT2D eigenvalue weighted by Gasteiger charge is -2.34. The largest absolute Gasteiger partial charge is 0.492 e. The number of carbonyl (C=O) groups excluding carboxylic acids is 1. The number of nitrogens with zero attached hydrogens (tertiary/aromatic N) is 4. The monoisotopic (exact) mass is 499 g/mol. The standard InChI is InChI=1S/C24H29N5O5S/c25-23-22-18(16-35(31,32)27-23)5-1-7-20(22)34-15-17-4-3-9-29(14-17)21-8-2-6-19(26-21)24(30)28-10-12-33-13-11-28/h1-2,5-8,17H,3-4,9-16H2,(H2,25,27)/t17-/m0/s1. The van der Waals surface area contributed by atoms with E-state index in [1.807, 2.05) is 12.1 Å². The molecule has 0 bridgehead atoms. The van der Waals surface area contributed by atoms with Crippen molar-refractivity contribution in [3.63, 3.8) is 0 Å². The fourth-order valence-electron chi connectivity index (χ4n) is 4.80. The highest BCUT2D eigenvalue weighted by molar-refractivity contribution is 7.89. The molecule has 1 atom stereocenters. The summed E-state index contributed by atoms with van der Waals surface area (Å²) < 4.78 is 39.0. The minimum absolute atomic E-state index is 0.0296. The fraction of sp³-hybridized carbons (Fsp3) is 0.458. The zero-order valence-corrected chi connectivity index (χ0v) is 20.2. The predicted octanol–water partition coefficient (Wildman–Crippen LogP) is 1.40. The molecule has 0 aliphatic carbocycles. The van der Waals surface area contributed by atoms with Crippen molar-refractivity contribution >= 4 is 27.6 Å². The van der Waals surface area contributed by atoms with Crippen LogP contribution in [0.15, 0.2) is 40.8 Å². The molecule has 11 heteroatoms. The Hall–Kier alpha value is -3.18. The normalized spacial score (nSPS) is 21.7. The lowest BCUT2D eigenvalue weighted by molar-refractivity contribution is 0.0299. The van der Waals surface area contributed by atoms with Crippen LogP contribution in [-0.2, 0) is 20.5 Å². The number of ether oxygens (including phenoxy) is 2. The van der Waals surface area contributed by atoms with Gasteiger partial charge < -0.3 is 25.0 Å². The number of amidine groups is 1. The van der Waals surface area contributed by atoms with Crippen LogP contribution < -0.4 is 15.4 Å². The fourth-order valence-corrected chi connectivity index (χ4v) is 5.88. The van der Waals surface area contributed by atoms with E-state index in [0.717, 1.165) is 31.7 Å². The molecule has 35 heavy (non-hydrogen) atoms. The number of aromatic nitrogens is 1. The number of amides is 1. The number of rotatable bonds is 5. The number of morpholine rings is 1. The first-order valence-corrected chi connectivity index (χ1v) is 13.4. The Balaban J connectivity index is 1.25. The van der Waals surface area contributed by atoms with E-state index < -0.39 is 10.0 Å². The highest BCUT2D eigenvalue weighted by atomic mass is 32.2. The van der Waals surface area contributed by atoms with Gasteiger partial charge in [0.25, 0.3) is 15.9 Å². The van der Waals surface area contributed by atoms with Gasteiger partial charge in [-0.25, -0.2) is 13.4 Å². The van der Waals surface area contributed by atoms with Crippen molar-refractivity contribution in [1.82, 2.24) is 9.88 Å². The van der Waals surface area contributed by atoms with Crippen molar-refractivity contribution in [2.75, 3.05) is 50.9 Å². The maximum atomic E-state index is 12.9. The summed E-state index contributed by atoms with van der Waals surface area (Å²) in [5, 5.41) is 0. The zero-order valence-electron chi connectivity index (χ0n) is 19.4. The number of carbonyl (C=O) groups is 1. The van der Waals surface area contributed by atoms with Gasteiger partial charge in [0.15, 0.2) is 0 Å². The van der Waals surface area contributed by atoms with Gasteiger partial charge in [-0.05, 0) is 36.6 Å². The van der Waals surface area contributed by atoms with Gasteiger partial charge in [-0.2, -0.15) is 0 Å². The smallest absolute Gasteiger partial charge is 0.272 e. The molecule has 0 saturated carbocycles. The Bertz CT molecular complexity index is 1240. The number of fused-ring (bicyclic) bond motifs is 1. The second-order valence-corrected chi connectivity index (χ2v) is 10.7. The van der Waals surface area contributed by atoms with E-state index in [2.05, 4.69) is 14.3 Å². The molecule has 3 aliphatic heterocycles. The van der Waals surface area contributed by atoms with Gasteiger partial charge in [-0.15, -0.1) is 4.40 Å². The van der Waals surface area contributed by atoms with Gasteiger partial charge in [0.1, 0.15) is 23.1 Å². The third kappa shape index (κ3) is 5.25. The molecule has 2 N–H and O–H groups in total. The van der Waals surface area contributed by atoms with E-state index in [4.69, 9.17) is 15.2 Å². The molecule has 2 aromatic rings. The molecule has 3 aliphatic rings. The molecule has 0 radical (unpaired) electrons. The minimum Gasteiger partial charge on any atom is -0.492 e. The van der Waals surface area contributed by atoms with Crippen LogP contribution in [0, 0.1) is 5.92 Å². The zero-order chi connectivity index (χ0) is 24.4. The van der Waals surface area contributed by atoms with Crippen molar-refractivity contribution in [3.8, 4) is 5.75 Å². The topological polar surface area (TPSA) is 127 Å². The van der Waals surface area contributed by atoms with Crippen LogP contribution in [0.4, 0.5) is 5.82 Å². The Kier molecular flexibility index (Phi) is 6.61. The average molecular weight is 500 g/mol. The van der Waals surface area contributed by atoms with E-state index in [1.54, 1.807) is 29.2 Å². The number of benzene rings is 1. The number of anilines is 1. The summed E-state index contributed by atoms with van der Waals surface area (Å²) in [5.74, 6) is 1.30. The summed E-state index contributed by atoms with van der Waals surface area (Å²) in [5.41, 5.74) is 7.57. The molecule has 4 heterocycles. The van der Waals surface area contributed by atoms with Crippen LogP contribution >= 0.6 is 0 Å². The first kappa shape index (κ1) is 23.6. The summed E-state index contributed by atoms with van der Waals surface area (Å²) in [6.45, 7) is 4.33. The van der Waals surface area contributed by atoms with Gasteiger partial charge >= 0.3 is 0 Å². The van der Waals surface area contributed by atoms with Crippen LogP contribution in [0.1, 0.15) is 34.5 Å². The number of piperidine rings is 1. The van der Waals surface area contributed by atoms with Gasteiger partial charge in [-0.1, -0.05) is 18.2 Å². The number of sulfonamides is 1. The van der Waals surface area contributed by atoms with E-state index in [0.29, 0.717) is 55.5 Å². The van der Waals surface area contributed by atoms with Crippen molar-refractivity contribution in [3.05, 3.63) is 53.2 Å². The van der Waals surface area contributed by atoms with Crippen molar-refractivity contribution in [2.24, 2.45) is 16.0 Å². The predicted molar refractivity (Wildman–Crippen MR) is 131 cm³/mol. The van der Waals surface area contributed by atoms with Crippen LogP contribution in [0.5, 0.6) is 5.75 Å². The van der Waals surface area contributed by atoms with Crippen LogP contribution in [0.25, 0.3) is 0 Å². The van der Waals surface area contributed by atoms with Gasteiger partial charge in [0, 0.05) is 32.1 Å². The molecule has 5 rings (SSSR count). The molecule has 10 nitrogen and oxygen atoms in total. The average Bonchev–Trinajstić information content (AvgIpc) is 2.87. The lowest BCUT2D eigenvalue weighted by atomic mass is 9.98. The van der Waals surface area contributed by atoms with Crippen molar-refractivity contribution in [1.29, 1.82) is 0 Å². The number of hydrogen-bond acceptors (Lipinski definition) is 8. The van der Waals surface area contributed by atoms with E-state index in [9.17, 15) is 13.2 Å². The number of nitrogens with two attached hydrogens (primary N) is 1. The Morgan fingerprint density at radius 2 is 1.94 bits per heavy atom. The highest BCUT2D eigenvalue weighted by Gasteiger charge is 2.27. The molecular formula is C24H29N5O5S. The highest BCUT2D eigenvalue weighted by Crippen LogP contribution is 2.29. The molecule has 1 aromatic carbocycles. The molecule has 2 saturated heterocycles. The first-order chi connectivity index (χ1) is 16.9. The van der Waals surface area contributed by atoms with Gasteiger partial charge in [0.05, 0.1) is 31.1 Å². The Labute approximate surface area is 204 Å². The molecule has 2 fully saturated rings. The van der Waals surface area contributed by atoms with Crippen LogP contribution in [-0.4, -0.2) is 76.0 Å². The summed E-state index contributed by atoms with van der Waals surface area (Å²) in [6.07, 6.45) is 1.97. The lowest BCUT2D eigenvalue weighted by Crippen LogP contribution is -2.41. The molecule has 0 spiro atoms. The van der Waals surface area contributed by atoms with Crippen LogP contribution in [0.2, 0.25) is 0 Å².